The van der Waals surface area contributed by atoms with Crippen molar-refractivity contribution in [2.24, 2.45) is 0 Å². The standard InChI is InChI=1S/C20H15F5N4O4S/c1-34(31,32)27-14-7-28-15(20(14,24)25)8-29(19(28)30)18-17-10(3-2-4-13(17)33-26-18)16-11(22)5-9(21)6-12(16)23/h2-6,14-15,27H,7-8H2,1H3/t14-,15-/m1/s1. The number of amides is 2. The highest BCUT2D eigenvalue weighted by Gasteiger charge is 2.63. The van der Waals surface area contributed by atoms with Crippen molar-refractivity contribution in [2.75, 3.05) is 24.2 Å². The first kappa shape index (κ1) is 22.5. The van der Waals surface area contributed by atoms with Gasteiger partial charge in [-0.25, -0.2) is 39.9 Å². The molecule has 0 saturated carbocycles. The number of sulfonamides is 1. The highest BCUT2D eigenvalue weighted by atomic mass is 32.2. The van der Waals surface area contributed by atoms with E-state index >= 15 is 0 Å². The van der Waals surface area contributed by atoms with E-state index in [9.17, 15) is 35.2 Å². The fraction of sp³-hybridized carbons (Fsp3) is 0.300. The molecule has 5 rings (SSSR count). The van der Waals surface area contributed by atoms with Crippen LogP contribution in [0.15, 0.2) is 34.9 Å². The van der Waals surface area contributed by atoms with Gasteiger partial charge in [-0.15, -0.1) is 0 Å². The van der Waals surface area contributed by atoms with Gasteiger partial charge < -0.3 is 9.42 Å². The van der Waals surface area contributed by atoms with E-state index in [0.29, 0.717) is 12.1 Å². The van der Waals surface area contributed by atoms with Crippen LogP contribution in [0, 0.1) is 17.5 Å². The smallest absolute Gasteiger partial charge is 0.326 e. The van der Waals surface area contributed by atoms with Crippen molar-refractivity contribution in [3.63, 3.8) is 0 Å². The number of carbonyl (C=O) groups is 1. The van der Waals surface area contributed by atoms with Crippen molar-refractivity contribution < 1.29 is 39.7 Å². The number of nitrogens with zero attached hydrogens (tertiary/aromatic N) is 3. The number of alkyl halides is 2. The number of nitrogens with one attached hydrogen (secondary N) is 1. The Morgan fingerprint density at radius 1 is 1.15 bits per heavy atom. The maximum absolute atomic E-state index is 15.0. The number of fused-ring (bicyclic) bond motifs is 2. The van der Waals surface area contributed by atoms with Crippen LogP contribution in [0.4, 0.5) is 32.6 Å². The molecule has 2 amide bonds. The zero-order valence-corrected chi connectivity index (χ0v) is 18.0. The van der Waals surface area contributed by atoms with Gasteiger partial charge in [0.25, 0.3) is 5.92 Å². The normalized spacial score (nSPS) is 22.1. The average molecular weight is 502 g/mol. The lowest BCUT2D eigenvalue weighted by atomic mass is 10.00. The SMILES string of the molecule is CS(=O)(=O)N[C@@H]1CN2C(=O)N(c3noc4cccc(-c5c(F)cc(F)cc5F)c34)C[C@@H]2C1(F)F. The van der Waals surface area contributed by atoms with Gasteiger partial charge in [-0.2, -0.15) is 0 Å². The van der Waals surface area contributed by atoms with Crippen LogP contribution in [0.2, 0.25) is 0 Å². The third-order valence-corrected chi connectivity index (χ3v) is 6.58. The van der Waals surface area contributed by atoms with Gasteiger partial charge in [-0.05, 0) is 6.07 Å². The van der Waals surface area contributed by atoms with E-state index in [1.54, 1.807) is 0 Å². The molecule has 0 spiro atoms. The largest absolute Gasteiger partial charge is 0.354 e. The Morgan fingerprint density at radius 2 is 1.82 bits per heavy atom. The predicted octanol–water partition coefficient (Wildman–Crippen LogP) is 3.09. The molecule has 2 aliphatic heterocycles. The van der Waals surface area contributed by atoms with Gasteiger partial charge in [0.2, 0.25) is 10.0 Å². The summed E-state index contributed by atoms with van der Waals surface area (Å²) in [5.74, 6) is -7.42. The number of anilines is 1. The molecule has 34 heavy (non-hydrogen) atoms. The first-order valence-electron chi connectivity index (χ1n) is 9.85. The molecule has 14 heteroatoms. The van der Waals surface area contributed by atoms with E-state index in [2.05, 4.69) is 5.16 Å². The van der Waals surface area contributed by atoms with Crippen molar-refractivity contribution in [3.05, 3.63) is 47.8 Å². The second-order valence-electron chi connectivity index (χ2n) is 8.11. The van der Waals surface area contributed by atoms with E-state index in [1.165, 1.54) is 18.2 Å². The molecule has 1 N–H and O–H groups in total. The van der Waals surface area contributed by atoms with Gasteiger partial charge in [0.05, 0.1) is 23.8 Å². The monoisotopic (exact) mass is 502 g/mol. The van der Waals surface area contributed by atoms with Crippen LogP contribution in [-0.4, -0.2) is 61.9 Å². The van der Waals surface area contributed by atoms with Crippen LogP contribution < -0.4 is 9.62 Å². The summed E-state index contributed by atoms with van der Waals surface area (Å²) < 4.78 is 102. The lowest BCUT2D eigenvalue weighted by Gasteiger charge is -2.23. The van der Waals surface area contributed by atoms with Crippen LogP contribution in [0.25, 0.3) is 22.1 Å². The fourth-order valence-electron chi connectivity index (χ4n) is 4.44. The van der Waals surface area contributed by atoms with Crippen LogP contribution in [0.5, 0.6) is 0 Å². The second kappa shape index (κ2) is 7.37. The Morgan fingerprint density at radius 3 is 2.44 bits per heavy atom. The number of rotatable bonds is 4. The summed E-state index contributed by atoms with van der Waals surface area (Å²) in [5, 5.41) is 3.74. The molecule has 180 valence electrons. The molecule has 3 aromatic rings. The van der Waals surface area contributed by atoms with Gasteiger partial charge in [0.1, 0.15) is 29.5 Å². The highest BCUT2D eigenvalue weighted by molar-refractivity contribution is 7.88. The maximum atomic E-state index is 15.0. The summed E-state index contributed by atoms with van der Waals surface area (Å²) >= 11 is 0. The van der Waals surface area contributed by atoms with E-state index in [-0.39, 0.29) is 22.4 Å². The van der Waals surface area contributed by atoms with E-state index in [0.717, 1.165) is 16.1 Å². The van der Waals surface area contributed by atoms with Crippen molar-refractivity contribution >= 4 is 32.8 Å². The molecule has 1 aromatic heterocycles. The van der Waals surface area contributed by atoms with Gasteiger partial charge in [0.15, 0.2) is 11.4 Å². The number of urea groups is 1. The minimum absolute atomic E-state index is 0.0128. The first-order chi connectivity index (χ1) is 15.9. The second-order valence-corrected chi connectivity index (χ2v) is 9.89. The third kappa shape index (κ3) is 3.39. The molecule has 0 radical (unpaired) electrons. The molecular formula is C20H15F5N4O4S. The van der Waals surface area contributed by atoms with Crippen molar-refractivity contribution in [2.45, 2.75) is 18.0 Å². The molecule has 2 aliphatic rings. The summed E-state index contributed by atoms with van der Waals surface area (Å²) in [6.07, 6.45) is 0.734. The predicted molar refractivity (Wildman–Crippen MR) is 109 cm³/mol. The number of aromatic nitrogens is 1. The summed E-state index contributed by atoms with van der Waals surface area (Å²) in [7, 11) is -3.97. The van der Waals surface area contributed by atoms with E-state index in [4.69, 9.17) is 4.52 Å². The summed E-state index contributed by atoms with van der Waals surface area (Å²) in [6.45, 7) is -1.18. The Balaban J connectivity index is 1.58. The zero-order chi connectivity index (χ0) is 24.6. The Labute approximate surface area is 188 Å². The van der Waals surface area contributed by atoms with Gasteiger partial charge in [0, 0.05) is 24.2 Å². The zero-order valence-electron chi connectivity index (χ0n) is 17.2. The van der Waals surface area contributed by atoms with Crippen LogP contribution >= 0.6 is 0 Å². The van der Waals surface area contributed by atoms with Crippen molar-refractivity contribution in [1.29, 1.82) is 0 Å². The van der Waals surface area contributed by atoms with Crippen LogP contribution in [-0.2, 0) is 10.0 Å². The highest BCUT2D eigenvalue weighted by Crippen LogP contribution is 2.44. The molecule has 2 aromatic carbocycles. The quantitative estimate of drug-likeness (QED) is 0.554. The molecule has 2 atom stereocenters. The van der Waals surface area contributed by atoms with Gasteiger partial charge in [-0.1, -0.05) is 17.3 Å². The average Bonchev–Trinajstić information content (AvgIpc) is 3.34. The van der Waals surface area contributed by atoms with E-state index < -0.39 is 70.2 Å². The number of hydrogen-bond donors (Lipinski definition) is 1. The molecule has 0 unspecified atom stereocenters. The third-order valence-electron chi connectivity index (χ3n) is 5.87. The molecule has 8 nitrogen and oxygen atoms in total. The topological polar surface area (TPSA) is 95.8 Å². The lowest BCUT2D eigenvalue weighted by molar-refractivity contribution is -0.0324. The van der Waals surface area contributed by atoms with Crippen molar-refractivity contribution in [3.8, 4) is 11.1 Å². The minimum Gasteiger partial charge on any atom is -0.354 e. The Bertz CT molecular complexity index is 1420. The Kier molecular flexibility index (Phi) is 4.88. The fourth-order valence-corrected chi connectivity index (χ4v) is 5.19. The summed E-state index contributed by atoms with van der Waals surface area (Å²) in [4.78, 5) is 14.7. The van der Waals surface area contributed by atoms with E-state index in [1.807, 2.05) is 4.72 Å². The molecule has 3 heterocycles. The van der Waals surface area contributed by atoms with Crippen molar-refractivity contribution in [1.82, 2.24) is 14.8 Å². The minimum atomic E-state index is -3.97. The molecule has 0 bridgehead atoms. The molecule has 0 aliphatic carbocycles. The first-order valence-corrected chi connectivity index (χ1v) is 11.7. The Hall–Kier alpha value is -3.26. The number of halogens is 5. The number of hydrogen-bond acceptors (Lipinski definition) is 5. The number of carbonyl (C=O) groups excluding carboxylic acids is 1. The van der Waals surface area contributed by atoms with Gasteiger partial charge >= 0.3 is 6.03 Å². The summed E-state index contributed by atoms with van der Waals surface area (Å²) in [6, 6.07) is 0.653. The van der Waals surface area contributed by atoms with Crippen LogP contribution in [0.3, 0.4) is 0 Å². The van der Waals surface area contributed by atoms with Gasteiger partial charge in [-0.3, -0.25) is 4.90 Å². The summed E-state index contributed by atoms with van der Waals surface area (Å²) in [5.41, 5.74) is -0.711. The maximum Gasteiger partial charge on any atom is 0.326 e. The van der Waals surface area contributed by atoms with Crippen LogP contribution in [0.1, 0.15) is 0 Å². The lowest BCUT2D eigenvalue weighted by Crippen LogP contribution is -2.50. The molecule has 2 fully saturated rings. The molecule has 2 saturated heterocycles. The molecular weight excluding hydrogens is 487 g/mol. The number of benzene rings is 2.